The first kappa shape index (κ1) is 26.2. The normalized spacial score (nSPS) is 16.4. The van der Waals surface area contributed by atoms with Crippen LogP contribution in [0.2, 0.25) is 0 Å². The molecule has 1 heterocycles. The van der Waals surface area contributed by atoms with Crippen molar-refractivity contribution in [3.8, 4) is 0 Å². The van der Waals surface area contributed by atoms with E-state index in [0.717, 1.165) is 5.56 Å². The van der Waals surface area contributed by atoms with Crippen LogP contribution >= 0.6 is 0 Å². The lowest BCUT2D eigenvalue weighted by Crippen LogP contribution is -2.48. The van der Waals surface area contributed by atoms with E-state index in [2.05, 4.69) is 10.6 Å². The first-order chi connectivity index (χ1) is 15.5. The van der Waals surface area contributed by atoms with Crippen molar-refractivity contribution in [2.24, 2.45) is 5.92 Å². The van der Waals surface area contributed by atoms with E-state index < -0.39 is 17.7 Å². The van der Waals surface area contributed by atoms with E-state index in [1.807, 2.05) is 77.1 Å². The maximum absolute atomic E-state index is 12.8. The first-order valence-corrected chi connectivity index (χ1v) is 11.5. The highest BCUT2D eigenvalue weighted by Gasteiger charge is 2.29. The minimum Gasteiger partial charge on any atom is -0.445 e. The van der Waals surface area contributed by atoms with Gasteiger partial charge in [-0.3, -0.25) is 9.69 Å². The molecule has 2 rings (SSSR count). The van der Waals surface area contributed by atoms with Crippen molar-refractivity contribution in [1.82, 2.24) is 15.5 Å². The van der Waals surface area contributed by atoms with Crippen LogP contribution in [0.4, 0.5) is 9.59 Å². The SMILES string of the molecule is CC(C)C[C@H](NC(=O)OCc1ccccc1)C(=O)NCCC1C=CCN1C(=O)OC(C)(C)C. The summed E-state index contributed by atoms with van der Waals surface area (Å²) < 4.78 is 10.7. The maximum Gasteiger partial charge on any atom is 0.411 e. The van der Waals surface area contributed by atoms with Crippen molar-refractivity contribution in [3.05, 3.63) is 48.0 Å². The van der Waals surface area contributed by atoms with E-state index in [9.17, 15) is 14.4 Å². The molecule has 2 atom stereocenters. The van der Waals surface area contributed by atoms with Crippen LogP contribution in [0.3, 0.4) is 0 Å². The Hall–Kier alpha value is -3.03. The Labute approximate surface area is 196 Å². The Balaban J connectivity index is 1.83. The zero-order valence-corrected chi connectivity index (χ0v) is 20.3. The third-order valence-electron chi connectivity index (χ3n) is 4.96. The van der Waals surface area contributed by atoms with E-state index in [-0.39, 0.29) is 30.6 Å². The van der Waals surface area contributed by atoms with E-state index in [1.165, 1.54) is 0 Å². The summed E-state index contributed by atoms with van der Waals surface area (Å²) in [4.78, 5) is 39.0. The average molecular weight is 460 g/mol. The summed E-state index contributed by atoms with van der Waals surface area (Å²) in [5.41, 5.74) is 0.306. The molecular formula is C25H37N3O5. The van der Waals surface area contributed by atoms with Gasteiger partial charge >= 0.3 is 12.2 Å². The van der Waals surface area contributed by atoms with Crippen molar-refractivity contribution >= 4 is 18.1 Å². The van der Waals surface area contributed by atoms with Gasteiger partial charge < -0.3 is 20.1 Å². The fraction of sp³-hybridized carbons (Fsp3) is 0.560. The van der Waals surface area contributed by atoms with Gasteiger partial charge in [0.1, 0.15) is 18.2 Å². The summed E-state index contributed by atoms with van der Waals surface area (Å²) in [6.07, 6.45) is 3.90. The van der Waals surface area contributed by atoms with Gasteiger partial charge in [-0.2, -0.15) is 0 Å². The molecular weight excluding hydrogens is 422 g/mol. The molecule has 0 fully saturated rings. The number of carbonyl (C=O) groups is 3. The fourth-order valence-corrected chi connectivity index (χ4v) is 3.43. The predicted molar refractivity (Wildman–Crippen MR) is 127 cm³/mol. The van der Waals surface area contributed by atoms with Gasteiger partial charge in [0.25, 0.3) is 0 Å². The van der Waals surface area contributed by atoms with Gasteiger partial charge in [0.05, 0.1) is 6.04 Å². The van der Waals surface area contributed by atoms with Crippen molar-refractivity contribution in [1.29, 1.82) is 0 Å². The smallest absolute Gasteiger partial charge is 0.411 e. The molecule has 1 unspecified atom stereocenters. The van der Waals surface area contributed by atoms with Crippen LogP contribution in [0.25, 0.3) is 0 Å². The molecule has 8 heteroatoms. The summed E-state index contributed by atoms with van der Waals surface area (Å²) in [7, 11) is 0. The Morgan fingerprint density at radius 1 is 1.15 bits per heavy atom. The Bertz CT molecular complexity index is 817. The second kappa shape index (κ2) is 12.3. The quantitative estimate of drug-likeness (QED) is 0.544. The molecule has 1 aliphatic heterocycles. The average Bonchev–Trinajstić information content (AvgIpc) is 3.19. The van der Waals surface area contributed by atoms with Crippen molar-refractivity contribution < 1.29 is 23.9 Å². The zero-order chi connectivity index (χ0) is 24.4. The predicted octanol–water partition coefficient (Wildman–Crippen LogP) is 4.01. The van der Waals surface area contributed by atoms with Crippen LogP contribution in [-0.4, -0.2) is 53.8 Å². The van der Waals surface area contributed by atoms with Gasteiger partial charge in [0.15, 0.2) is 0 Å². The van der Waals surface area contributed by atoms with Gasteiger partial charge in [0, 0.05) is 13.1 Å². The molecule has 0 saturated carbocycles. The number of benzene rings is 1. The van der Waals surface area contributed by atoms with Crippen molar-refractivity contribution in [3.63, 3.8) is 0 Å². The zero-order valence-electron chi connectivity index (χ0n) is 20.3. The number of amides is 3. The van der Waals surface area contributed by atoms with Crippen LogP contribution in [0.15, 0.2) is 42.5 Å². The number of nitrogens with zero attached hydrogens (tertiary/aromatic N) is 1. The topological polar surface area (TPSA) is 97.0 Å². The molecule has 0 saturated heterocycles. The second-order valence-electron chi connectivity index (χ2n) is 9.60. The number of carbonyl (C=O) groups excluding carboxylic acids is 3. The number of nitrogens with one attached hydrogen (secondary N) is 2. The third kappa shape index (κ3) is 9.55. The minimum atomic E-state index is -0.700. The van der Waals surface area contributed by atoms with E-state index in [0.29, 0.717) is 25.9 Å². The summed E-state index contributed by atoms with van der Waals surface area (Å²) >= 11 is 0. The highest BCUT2D eigenvalue weighted by atomic mass is 16.6. The lowest BCUT2D eigenvalue weighted by atomic mass is 10.0. The lowest BCUT2D eigenvalue weighted by molar-refractivity contribution is -0.123. The number of alkyl carbamates (subject to hydrolysis) is 1. The molecule has 8 nitrogen and oxygen atoms in total. The Kier molecular flexibility index (Phi) is 9.75. The molecule has 1 aromatic rings. The molecule has 0 aliphatic carbocycles. The molecule has 1 aromatic carbocycles. The summed E-state index contributed by atoms with van der Waals surface area (Å²) in [6, 6.07) is 8.51. The molecule has 0 aromatic heterocycles. The lowest BCUT2D eigenvalue weighted by Gasteiger charge is -2.28. The highest BCUT2D eigenvalue weighted by molar-refractivity contribution is 5.85. The van der Waals surface area contributed by atoms with E-state index in [4.69, 9.17) is 9.47 Å². The molecule has 0 spiro atoms. The number of hydrogen-bond acceptors (Lipinski definition) is 5. The van der Waals surface area contributed by atoms with E-state index in [1.54, 1.807) is 4.90 Å². The molecule has 33 heavy (non-hydrogen) atoms. The molecule has 2 N–H and O–H groups in total. The maximum atomic E-state index is 12.8. The van der Waals surface area contributed by atoms with Gasteiger partial charge in [-0.1, -0.05) is 56.3 Å². The van der Waals surface area contributed by atoms with E-state index >= 15 is 0 Å². The van der Waals surface area contributed by atoms with Gasteiger partial charge in [0.2, 0.25) is 5.91 Å². The third-order valence-corrected chi connectivity index (χ3v) is 4.96. The number of ether oxygens (including phenoxy) is 2. The number of hydrogen-bond donors (Lipinski definition) is 2. The summed E-state index contributed by atoms with van der Waals surface area (Å²) in [6.45, 7) is 10.4. The number of rotatable bonds is 9. The van der Waals surface area contributed by atoms with Crippen molar-refractivity contribution in [2.75, 3.05) is 13.1 Å². The van der Waals surface area contributed by atoms with Crippen LogP contribution in [0.5, 0.6) is 0 Å². The minimum absolute atomic E-state index is 0.136. The molecule has 0 bridgehead atoms. The summed E-state index contributed by atoms with van der Waals surface area (Å²) in [5, 5.41) is 5.56. The van der Waals surface area contributed by atoms with Crippen LogP contribution in [0, 0.1) is 5.92 Å². The molecule has 3 amide bonds. The first-order valence-electron chi connectivity index (χ1n) is 11.5. The molecule has 0 radical (unpaired) electrons. The Morgan fingerprint density at radius 2 is 1.85 bits per heavy atom. The van der Waals surface area contributed by atoms with Gasteiger partial charge in [-0.25, -0.2) is 9.59 Å². The largest absolute Gasteiger partial charge is 0.445 e. The standard InChI is InChI=1S/C25H37N3O5/c1-18(2)16-21(27-23(30)32-17-19-10-7-6-8-11-19)22(29)26-14-13-20-12-9-15-28(20)24(31)33-25(3,4)5/h6-12,18,20-21H,13-17H2,1-5H3,(H,26,29)(H,27,30)/t20?,21-/m0/s1. The fourth-order valence-electron chi connectivity index (χ4n) is 3.43. The molecule has 182 valence electrons. The van der Waals surface area contributed by atoms with Crippen molar-refractivity contribution in [2.45, 2.75) is 71.8 Å². The Morgan fingerprint density at radius 3 is 2.48 bits per heavy atom. The van der Waals surface area contributed by atoms with Crippen LogP contribution < -0.4 is 10.6 Å². The van der Waals surface area contributed by atoms with Crippen LogP contribution in [0.1, 0.15) is 53.0 Å². The molecule has 1 aliphatic rings. The monoisotopic (exact) mass is 459 g/mol. The van der Waals surface area contributed by atoms with Crippen LogP contribution in [-0.2, 0) is 20.9 Å². The second-order valence-corrected chi connectivity index (χ2v) is 9.60. The summed E-state index contributed by atoms with van der Waals surface area (Å²) in [5.74, 6) is -0.0678. The van der Waals surface area contributed by atoms with Gasteiger partial charge in [-0.15, -0.1) is 0 Å². The highest BCUT2D eigenvalue weighted by Crippen LogP contribution is 2.18. The van der Waals surface area contributed by atoms with Gasteiger partial charge in [-0.05, 0) is 45.1 Å².